The first-order valence-electron chi connectivity index (χ1n) is 7.06. The zero-order valence-electron chi connectivity index (χ0n) is 12.3. The molecule has 2 fully saturated rings. The smallest absolute Gasteiger partial charge is 0.410 e. The van der Waals surface area contributed by atoms with E-state index in [0.29, 0.717) is 6.54 Å². The molecule has 1 amide bonds. The molecule has 1 atom stereocenters. The molecule has 1 saturated heterocycles. The predicted octanol–water partition coefficient (Wildman–Crippen LogP) is 2.02. The molecule has 1 saturated carbocycles. The van der Waals surface area contributed by atoms with Gasteiger partial charge >= 0.3 is 12.1 Å². The quantitative estimate of drug-likeness (QED) is 0.840. The number of hydrogen-bond donors (Lipinski definition) is 1. The van der Waals surface area contributed by atoms with Gasteiger partial charge in [-0.25, -0.2) is 4.79 Å². The van der Waals surface area contributed by atoms with E-state index in [1.54, 1.807) is 25.7 Å². The molecule has 1 aliphatic heterocycles. The molecule has 0 aromatic heterocycles. The van der Waals surface area contributed by atoms with E-state index in [1.165, 1.54) is 0 Å². The highest BCUT2D eigenvalue weighted by Gasteiger charge is 2.47. The Morgan fingerprint density at radius 2 is 2.05 bits per heavy atom. The Morgan fingerprint density at radius 3 is 2.50 bits per heavy atom. The molecule has 0 aromatic rings. The number of aliphatic carboxylic acids is 1. The summed E-state index contributed by atoms with van der Waals surface area (Å²) < 4.78 is 11.2. The number of carbonyl (C=O) groups excluding carboxylic acids is 1. The molecule has 0 radical (unpaired) electrons. The van der Waals surface area contributed by atoms with Crippen LogP contribution in [0.2, 0.25) is 0 Å². The lowest BCUT2D eigenvalue weighted by Crippen LogP contribution is -2.61. The van der Waals surface area contributed by atoms with Crippen LogP contribution in [-0.4, -0.2) is 52.5 Å². The van der Waals surface area contributed by atoms with Crippen LogP contribution in [0.4, 0.5) is 4.79 Å². The monoisotopic (exact) mass is 285 g/mol. The van der Waals surface area contributed by atoms with Crippen molar-refractivity contribution in [2.75, 3.05) is 13.2 Å². The first-order chi connectivity index (χ1) is 9.21. The van der Waals surface area contributed by atoms with Gasteiger partial charge in [-0.3, -0.25) is 9.69 Å². The molecule has 1 N–H and O–H groups in total. The molecule has 6 heteroatoms. The minimum absolute atomic E-state index is 0.116. The minimum Gasteiger partial charge on any atom is -0.481 e. The summed E-state index contributed by atoms with van der Waals surface area (Å²) in [5.74, 6) is -0.934. The average Bonchev–Trinajstić information content (AvgIpc) is 2.24. The van der Waals surface area contributed by atoms with Crippen LogP contribution in [-0.2, 0) is 14.3 Å². The predicted molar refractivity (Wildman–Crippen MR) is 71.5 cm³/mol. The van der Waals surface area contributed by atoms with Crippen molar-refractivity contribution in [3.8, 4) is 0 Å². The number of carboxylic acid groups (broad SMARTS) is 1. The standard InChI is InChI=1S/C14H23NO5/c1-13(2,3)20-12(18)15-9-14(5-4-6-14)19-8-10(15)7-11(16)17/h10H,4-9H2,1-3H3,(H,16,17). The number of morpholine rings is 1. The van der Waals surface area contributed by atoms with Crippen LogP contribution >= 0.6 is 0 Å². The molecular weight excluding hydrogens is 262 g/mol. The molecule has 0 aromatic carbocycles. The van der Waals surface area contributed by atoms with Crippen molar-refractivity contribution in [2.45, 2.75) is 63.7 Å². The van der Waals surface area contributed by atoms with Gasteiger partial charge in [-0.15, -0.1) is 0 Å². The Labute approximate surface area is 119 Å². The van der Waals surface area contributed by atoms with Gasteiger partial charge in [0.2, 0.25) is 0 Å². The minimum atomic E-state index is -0.934. The summed E-state index contributed by atoms with van der Waals surface area (Å²) >= 11 is 0. The Morgan fingerprint density at radius 1 is 1.40 bits per heavy atom. The molecule has 2 rings (SSSR count). The van der Waals surface area contributed by atoms with Crippen molar-refractivity contribution >= 4 is 12.1 Å². The maximum absolute atomic E-state index is 12.3. The SMILES string of the molecule is CC(C)(C)OC(=O)N1CC2(CCC2)OCC1CC(=O)O. The summed E-state index contributed by atoms with van der Waals surface area (Å²) in [6, 6.07) is -0.450. The van der Waals surface area contributed by atoms with Gasteiger partial charge in [0.25, 0.3) is 0 Å². The van der Waals surface area contributed by atoms with E-state index in [0.717, 1.165) is 19.3 Å². The fourth-order valence-electron chi connectivity index (χ4n) is 2.63. The summed E-state index contributed by atoms with van der Waals surface area (Å²) in [6.45, 7) is 6.11. The van der Waals surface area contributed by atoms with Crippen LogP contribution in [0.5, 0.6) is 0 Å². The second kappa shape index (κ2) is 5.24. The lowest BCUT2D eigenvalue weighted by atomic mass is 9.78. The highest BCUT2D eigenvalue weighted by Crippen LogP contribution is 2.40. The highest BCUT2D eigenvalue weighted by atomic mass is 16.6. The molecule has 114 valence electrons. The van der Waals surface area contributed by atoms with Crippen LogP contribution in [0.1, 0.15) is 46.5 Å². The fourth-order valence-corrected chi connectivity index (χ4v) is 2.63. The van der Waals surface area contributed by atoms with Gasteiger partial charge in [-0.2, -0.15) is 0 Å². The van der Waals surface area contributed by atoms with Crippen molar-refractivity contribution in [3.63, 3.8) is 0 Å². The zero-order valence-corrected chi connectivity index (χ0v) is 12.3. The third-order valence-electron chi connectivity index (χ3n) is 3.78. The maximum Gasteiger partial charge on any atom is 0.410 e. The van der Waals surface area contributed by atoms with E-state index in [4.69, 9.17) is 14.6 Å². The second-order valence-corrected chi connectivity index (χ2v) is 6.71. The third-order valence-corrected chi connectivity index (χ3v) is 3.78. The summed E-state index contributed by atoms with van der Waals surface area (Å²) in [5, 5.41) is 8.96. The van der Waals surface area contributed by atoms with E-state index in [1.807, 2.05) is 0 Å². The average molecular weight is 285 g/mol. The first kappa shape index (κ1) is 15.1. The number of carboxylic acids is 1. The molecule has 20 heavy (non-hydrogen) atoms. The topological polar surface area (TPSA) is 76.1 Å². The summed E-state index contributed by atoms with van der Waals surface area (Å²) in [5.41, 5.74) is -0.859. The van der Waals surface area contributed by atoms with E-state index < -0.39 is 23.7 Å². The van der Waals surface area contributed by atoms with Gasteiger partial charge in [0.05, 0.1) is 31.2 Å². The summed E-state index contributed by atoms with van der Waals surface area (Å²) in [7, 11) is 0. The van der Waals surface area contributed by atoms with Gasteiger partial charge in [-0.05, 0) is 40.0 Å². The van der Waals surface area contributed by atoms with E-state index in [9.17, 15) is 9.59 Å². The molecule has 0 bridgehead atoms. The van der Waals surface area contributed by atoms with Gasteiger partial charge in [0.15, 0.2) is 0 Å². The number of nitrogens with zero attached hydrogens (tertiary/aromatic N) is 1. The first-order valence-corrected chi connectivity index (χ1v) is 7.06. The molecule has 1 unspecified atom stereocenters. The number of ether oxygens (including phenoxy) is 2. The van der Waals surface area contributed by atoms with Crippen LogP contribution in [0.15, 0.2) is 0 Å². The lowest BCUT2D eigenvalue weighted by molar-refractivity contribution is -0.172. The Balaban J connectivity index is 2.08. The fraction of sp³-hybridized carbons (Fsp3) is 0.857. The lowest BCUT2D eigenvalue weighted by Gasteiger charge is -2.51. The van der Waals surface area contributed by atoms with E-state index in [-0.39, 0.29) is 18.6 Å². The number of amides is 1. The molecule has 2 aliphatic rings. The van der Waals surface area contributed by atoms with Crippen LogP contribution < -0.4 is 0 Å². The molecule has 1 spiro atoms. The van der Waals surface area contributed by atoms with Crippen LogP contribution in [0.25, 0.3) is 0 Å². The zero-order chi connectivity index (χ0) is 15.0. The van der Waals surface area contributed by atoms with Crippen molar-refractivity contribution in [3.05, 3.63) is 0 Å². The number of hydrogen-bond acceptors (Lipinski definition) is 4. The van der Waals surface area contributed by atoms with E-state index >= 15 is 0 Å². The Bertz CT molecular complexity index is 397. The van der Waals surface area contributed by atoms with Gasteiger partial charge in [-0.1, -0.05) is 0 Å². The maximum atomic E-state index is 12.3. The summed E-state index contributed by atoms with van der Waals surface area (Å²) in [4.78, 5) is 24.8. The van der Waals surface area contributed by atoms with Gasteiger partial charge in [0, 0.05) is 0 Å². The molecule has 6 nitrogen and oxygen atoms in total. The second-order valence-electron chi connectivity index (χ2n) is 6.71. The van der Waals surface area contributed by atoms with Gasteiger partial charge in [0.1, 0.15) is 5.60 Å². The highest BCUT2D eigenvalue weighted by molar-refractivity contribution is 5.72. The van der Waals surface area contributed by atoms with Crippen LogP contribution in [0.3, 0.4) is 0 Å². The number of carbonyl (C=O) groups is 2. The third kappa shape index (κ3) is 3.42. The Kier molecular flexibility index (Phi) is 3.95. The van der Waals surface area contributed by atoms with Crippen molar-refractivity contribution in [1.29, 1.82) is 0 Å². The van der Waals surface area contributed by atoms with Crippen molar-refractivity contribution in [2.24, 2.45) is 0 Å². The summed E-state index contributed by atoms with van der Waals surface area (Å²) in [6.07, 6.45) is 2.37. The van der Waals surface area contributed by atoms with Crippen LogP contribution in [0, 0.1) is 0 Å². The molecule has 1 aliphatic carbocycles. The molecule has 1 heterocycles. The largest absolute Gasteiger partial charge is 0.481 e. The molecular formula is C14H23NO5. The normalized spacial score (nSPS) is 25.1. The number of rotatable bonds is 2. The van der Waals surface area contributed by atoms with E-state index in [2.05, 4.69) is 0 Å². The Hall–Kier alpha value is -1.30. The van der Waals surface area contributed by atoms with Crippen molar-refractivity contribution < 1.29 is 24.2 Å². The van der Waals surface area contributed by atoms with Gasteiger partial charge < -0.3 is 14.6 Å². The van der Waals surface area contributed by atoms with Crippen molar-refractivity contribution in [1.82, 2.24) is 4.90 Å².